The summed E-state index contributed by atoms with van der Waals surface area (Å²) in [6.07, 6.45) is 2.95. The molecule has 2 aliphatic rings. The molecule has 2 atom stereocenters. The predicted molar refractivity (Wildman–Crippen MR) is 35.2 cm³/mol. The van der Waals surface area contributed by atoms with Gasteiger partial charge in [0, 0.05) is 6.42 Å². The Morgan fingerprint density at radius 3 is 2.11 bits per heavy atom. The van der Waals surface area contributed by atoms with Crippen LogP contribution < -0.4 is 0 Å². The topological polar surface area (TPSA) is 18.5 Å². The van der Waals surface area contributed by atoms with Gasteiger partial charge in [0.15, 0.2) is 6.29 Å². The second-order valence-electron chi connectivity index (χ2n) is 2.10. The molecule has 0 aromatic carbocycles. The van der Waals surface area contributed by atoms with Crippen LogP contribution in [0.1, 0.15) is 26.7 Å². The van der Waals surface area contributed by atoms with Crippen molar-refractivity contribution in [3.8, 4) is 0 Å². The van der Waals surface area contributed by atoms with Gasteiger partial charge in [-0.25, -0.2) is 0 Å². The molecule has 2 fully saturated rings. The summed E-state index contributed by atoms with van der Waals surface area (Å²) in [5.41, 5.74) is 0. The summed E-state index contributed by atoms with van der Waals surface area (Å²) < 4.78 is 10.4. The Balaban J connectivity index is 0.000000186. The van der Waals surface area contributed by atoms with Gasteiger partial charge in [-0.15, -0.1) is 0 Å². The number of ether oxygens (including phenoxy) is 2. The lowest BCUT2D eigenvalue weighted by molar-refractivity contribution is -0.0270. The zero-order chi connectivity index (χ0) is 6.69. The van der Waals surface area contributed by atoms with E-state index in [2.05, 4.69) is 0 Å². The second kappa shape index (κ2) is 3.18. The van der Waals surface area contributed by atoms with Gasteiger partial charge in [-0.2, -0.15) is 0 Å². The van der Waals surface area contributed by atoms with Gasteiger partial charge < -0.3 is 9.47 Å². The molecule has 2 saturated heterocycles. The van der Waals surface area contributed by atoms with E-state index in [4.69, 9.17) is 9.47 Å². The summed E-state index contributed by atoms with van der Waals surface area (Å²) in [6, 6.07) is 0. The summed E-state index contributed by atoms with van der Waals surface area (Å²) >= 11 is 0. The van der Waals surface area contributed by atoms with Gasteiger partial charge in [0.25, 0.3) is 0 Å². The zero-order valence-electron chi connectivity index (χ0n) is 6.09. The maximum Gasteiger partial charge on any atom is 0.158 e. The van der Waals surface area contributed by atoms with Crippen LogP contribution in [0.3, 0.4) is 0 Å². The number of rotatable bonds is 0. The Bertz CT molecular complexity index is 65.0. The Kier molecular flexibility index (Phi) is 2.49. The van der Waals surface area contributed by atoms with Crippen molar-refractivity contribution in [3.63, 3.8) is 0 Å². The maximum absolute atomic E-state index is 5.25. The van der Waals surface area contributed by atoms with Gasteiger partial charge in [-0.3, -0.25) is 0 Å². The van der Waals surface area contributed by atoms with Gasteiger partial charge in [0.1, 0.15) is 0 Å². The first kappa shape index (κ1) is 7.03. The van der Waals surface area contributed by atoms with Crippen molar-refractivity contribution in [2.75, 3.05) is 6.61 Å². The highest BCUT2D eigenvalue weighted by Crippen LogP contribution is 2.27. The number of hydrogen-bond donors (Lipinski definition) is 0. The number of fused-ring (bicyclic) bond motifs is 2. The first-order valence-corrected chi connectivity index (χ1v) is 3.72. The Morgan fingerprint density at radius 1 is 1.22 bits per heavy atom. The largest absolute Gasteiger partial charge is 0.350 e. The molecule has 0 radical (unpaired) electrons. The van der Waals surface area contributed by atoms with Crippen LogP contribution in [0, 0.1) is 0 Å². The van der Waals surface area contributed by atoms with Crippen LogP contribution in [0.2, 0.25) is 0 Å². The van der Waals surface area contributed by atoms with E-state index in [0.29, 0.717) is 6.10 Å². The quantitative estimate of drug-likeness (QED) is 0.495. The van der Waals surface area contributed by atoms with Crippen LogP contribution in [0.5, 0.6) is 0 Å². The first-order valence-electron chi connectivity index (χ1n) is 3.72. The Hall–Kier alpha value is -0.0800. The summed E-state index contributed by atoms with van der Waals surface area (Å²) in [6.45, 7) is 4.84. The fraction of sp³-hybridized carbons (Fsp3) is 1.00. The third-order valence-corrected chi connectivity index (χ3v) is 1.54. The highest BCUT2D eigenvalue weighted by atomic mass is 16.7. The Labute approximate surface area is 56.2 Å². The van der Waals surface area contributed by atoms with Gasteiger partial charge in [0.05, 0.1) is 12.7 Å². The summed E-state index contributed by atoms with van der Waals surface area (Å²) in [7, 11) is 0. The van der Waals surface area contributed by atoms with Crippen LogP contribution in [0.4, 0.5) is 0 Å². The van der Waals surface area contributed by atoms with E-state index >= 15 is 0 Å². The minimum atomic E-state index is 0.171. The van der Waals surface area contributed by atoms with E-state index in [0.717, 1.165) is 13.0 Å². The smallest absolute Gasteiger partial charge is 0.158 e. The van der Waals surface area contributed by atoms with E-state index in [1.807, 2.05) is 13.8 Å². The molecule has 54 valence electrons. The second-order valence-corrected chi connectivity index (χ2v) is 2.10. The SMILES string of the molecule is C1C[C@@H]2OC[C@H]1O2.CC. The normalized spacial score (nSPS) is 38.0. The van der Waals surface area contributed by atoms with Crippen molar-refractivity contribution in [2.24, 2.45) is 0 Å². The third-order valence-electron chi connectivity index (χ3n) is 1.54. The Morgan fingerprint density at radius 2 is 2.00 bits per heavy atom. The van der Waals surface area contributed by atoms with Crippen molar-refractivity contribution < 1.29 is 9.47 Å². The van der Waals surface area contributed by atoms with E-state index in [9.17, 15) is 0 Å². The zero-order valence-corrected chi connectivity index (χ0v) is 6.09. The first-order chi connectivity index (χ1) is 4.45. The molecule has 2 heteroatoms. The maximum atomic E-state index is 5.25. The van der Waals surface area contributed by atoms with Crippen LogP contribution in [0.15, 0.2) is 0 Å². The molecule has 0 unspecified atom stereocenters. The van der Waals surface area contributed by atoms with Gasteiger partial charge in [-0.05, 0) is 6.42 Å². The van der Waals surface area contributed by atoms with Crippen LogP contribution >= 0.6 is 0 Å². The molecule has 0 aromatic rings. The lowest BCUT2D eigenvalue weighted by atomic mass is 10.2. The average Bonchev–Trinajstić information content (AvgIpc) is 2.53. The van der Waals surface area contributed by atoms with E-state index in [1.54, 1.807) is 0 Å². The molecule has 2 bridgehead atoms. The molecule has 2 nitrogen and oxygen atoms in total. The van der Waals surface area contributed by atoms with Crippen molar-refractivity contribution in [1.29, 1.82) is 0 Å². The average molecular weight is 130 g/mol. The molecule has 0 N–H and O–H groups in total. The molecular weight excluding hydrogens is 116 g/mol. The van der Waals surface area contributed by atoms with E-state index in [1.165, 1.54) is 6.42 Å². The molecule has 0 aromatic heterocycles. The van der Waals surface area contributed by atoms with Gasteiger partial charge in [-0.1, -0.05) is 13.8 Å². The molecule has 0 aliphatic carbocycles. The van der Waals surface area contributed by atoms with Gasteiger partial charge >= 0.3 is 0 Å². The van der Waals surface area contributed by atoms with E-state index in [-0.39, 0.29) is 6.29 Å². The summed E-state index contributed by atoms with van der Waals surface area (Å²) in [5.74, 6) is 0. The minimum Gasteiger partial charge on any atom is -0.350 e. The van der Waals surface area contributed by atoms with Crippen molar-refractivity contribution in [3.05, 3.63) is 0 Å². The highest BCUT2D eigenvalue weighted by Gasteiger charge is 2.32. The molecule has 0 saturated carbocycles. The number of hydrogen-bond acceptors (Lipinski definition) is 2. The van der Waals surface area contributed by atoms with Crippen LogP contribution in [0.25, 0.3) is 0 Å². The molecule has 2 aliphatic heterocycles. The third kappa shape index (κ3) is 1.43. The minimum absolute atomic E-state index is 0.171. The van der Waals surface area contributed by atoms with Crippen molar-refractivity contribution >= 4 is 0 Å². The van der Waals surface area contributed by atoms with E-state index < -0.39 is 0 Å². The molecule has 0 amide bonds. The van der Waals surface area contributed by atoms with Crippen LogP contribution in [-0.2, 0) is 9.47 Å². The molecule has 2 rings (SSSR count). The molecule has 2 heterocycles. The lowest BCUT2D eigenvalue weighted by Gasteiger charge is -2.02. The fourth-order valence-electron chi connectivity index (χ4n) is 1.13. The monoisotopic (exact) mass is 130 g/mol. The molecule has 0 spiro atoms. The lowest BCUT2D eigenvalue weighted by Crippen LogP contribution is -2.08. The summed E-state index contributed by atoms with van der Waals surface area (Å²) in [5, 5.41) is 0. The summed E-state index contributed by atoms with van der Waals surface area (Å²) in [4.78, 5) is 0. The fourth-order valence-corrected chi connectivity index (χ4v) is 1.13. The molecular formula is C7H14O2. The standard InChI is InChI=1S/C5H8O2.C2H6/c1-2-5-6-3-4(1)7-5;1-2/h4-5H,1-3H2;1-2H3/t4-,5+;/m0./s1. The predicted octanol–water partition coefficient (Wildman–Crippen LogP) is 1.55. The van der Waals surface area contributed by atoms with Crippen molar-refractivity contribution in [2.45, 2.75) is 39.1 Å². The highest BCUT2D eigenvalue weighted by molar-refractivity contribution is 4.73. The molecule has 9 heavy (non-hydrogen) atoms. The van der Waals surface area contributed by atoms with Crippen molar-refractivity contribution in [1.82, 2.24) is 0 Å². The van der Waals surface area contributed by atoms with Gasteiger partial charge in [0.2, 0.25) is 0 Å². The van der Waals surface area contributed by atoms with Crippen LogP contribution in [-0.4, -0.2) is 19.0 Å².